The van der Waals surface area contributed by atoms with Gasteiger partial charge < -0.3 is 8.92 Å². The number of para-hydroxylation sites is 1. The second-order valence-electron chi connectivity index (χ2n) is 5.90. The lowest BCUT2D eigenvalue weighted by Gasteiger charge is -2.14. The van der Waals surface area contributed by atoms with Gasteiger partial charge in [-0.1, -0.05) is 18.2 Å². The first-order valence-corrected chi connectivity index (χ1v) is 9.73. The predicted molar refractivity (Wildman–Crippen MR) is 93.9 cm³/mol. The Labute approximate surface area is 167 Å². The van der Waals surface area contributed by atoms with Gasteiger partial charge in [0.05, 0.1) is 17.9 Å². The zero-order valence-corrected chi connectivity index (χ0v) is 15.7. The highest BCUT2D eigenvalue weighted by molar-refractivity contribution is 7.87. The Morgan fingerprint density at radius 2 is 1.60 bits per heavy atom. The van der Waals surface area contributed by atoms with E-state index in [-0.39, 0.29) is 11.5 Å². The van der Waals surface area contributed by atoms with E-state index in [2.05, 4.69) is 4.85 Å². The number of hydrogen-bond donors (Lipinski definition) is 0. The SMILES string of the molecule is [C-]#[N+]c1c(Oc2cccc(OS(=O)(=O)CCCC(F)(F)F)c2)cccc1C(F)(F)F. The molecule has 0 amide bonds. The lowest BCUT2D eigenvalue weighted by molar-refractivity contribution is -0.137. The molecule has 0 N–H and O–H groups in total. The number of hydrogen-bond acceptors (Lipinski definition) is 4. The van der Waals surface area contributed by atoms with E-state index in [1.165, 1.54) is 18.2 Å². The van der Waals surface area contributed by atoms with E-state index in [1.54, 1.807) is 0 Å². The molecule has 0 fully saturated rings. The number of alkyl halides is 6. The number of halogens is 6. The Bertz CT molecular complexity index is 1040. The summed E-state index contributed by atoms with van der Waals surface area (Å²) in [6.45, 7) is 7.00. The van der Waals surface area contributed by atoms with Crippen molar-refractivity contribution in [3.05, 3.63) is 59.4 Å². The van der Waals surface area contributed by atoms with Gasteiger partial charge in [-0.05, 0) is 24.6 Å². The monoisotopic (exact) mass is 453 g/mol. The van der Waals surface area contributed by atoms with Crippen molar-refractivity contribution in [2.75, 3.05) is 5.75 Å². The minimum atomic E-state index is -4.78. The summed E-state index contributed by atoms with van der Waals surface area (Å²) in [6, 6.07) is 7.62. The van der Waals surface area contributed by atoms with Gasteiger partial charge in [-0.2, -0.15) is 34.8 Å². The molecule has 0 bridgehead atoms. The van der Waals surface area contributed by atoms with E-state index in [0.717, 1.165) is 18.2 Å². The molecular weight excluding hydrogens is 440 g/mol. The van der Waals surface area contributed by atoms with Crippen LogP contribution in [-0.4, -0.2) is 20.3 Å². The average molecular weight is 453 g/mol. The van der Waals surface area contributed by atoms with E-state index in [1.807, 2.05) is 0 Å². The number of benzene rings is 2. The summed E-state index contributed by atoms with van der Waals surface area (Å²) in [6.07, 6.45) is -11.3. The van der Waals surface area contributed by atoms with Crippen LogP contribution in [0.2, 0.25) is 0 Å². The van der Waals surface area contributed by atoms with E-state index in [4.69, 9.17) is 15.5 Å². The van der Waals surface area contributed by atoms with Gasteiger partial charge in [0.15, 0.2) is 0 Å². The molecule has 30 heavy (non-hydrogen) atoms. The van der Waals surface area contributed by atoms with Crippen molar-refractivity contribution in [1.82, 2.24) is 0 Å². The largest absolute Gasteiger partial charge is 0.468 e. The van der Waals surface area contributed by atoms with E-state index >= 15 is 0 Å². The van der Waals surface area contributed by atoms with Crippen molar-refractivity contribution in [2.24, 2.45) is 0 Å². The van der Waals surface area contributed by atoms with Crippen LogP contribution in [0.1, 0.15) is 18.4 Å². The van der Waals surface area contributed by atoms with Gasteiger partial charge in [0.25, 0.3) is 0 Å². The van der Waals surface area contributed by atoms with Crippen LogP contribution in [0.15, 0.2) is 42.5 Å². The summed E-state index contributed by atoms with van der Waals surface area (Å²) < 4.78 is 109. The maximum Gasteiger partial charge on any atom is 0.407 e. The van der Waals surface area contributed by atoms with Gasteiger partial charge >= 0.3 is 22.5 Å². The van der Waals surface area contributed by atoms with Crippen LogP contribution < -0.4 is 8.92 Å². The molecule has 0 aliphatic heterocycles. The van der Waals surface area contributed by atoms with Gasteiger partial charge in [-0.15, -0.1) is 0 Å². The van der Waals surface area contributed by atoms with Gasteiger partial charge in [0.1, 0.15) is 17.2 Å². The maximum absolute atomic E-state index is 13.0. The zero-order valence-electron chi connectivity index (χ0n) is 14.9. The van der Waals surface area contributed by atoms with Crippen LogP contribution in [0.25, 0.3) is 4.85 Å². The number of ether oxygens (including phenoxy) is 1. The molecule has 0 radical (unpaired) electrons. The fourth-order valence-corrected chi connectivity index (χ4v) is 3.28. The molecule has 2 aromatic rings. The molecular formula is C18H13F6NO4S. The summed E-state index contributed by atoms with van der Waals surface area (Å²) >= 11 is 0. The third-order valence-corrected chi connectivity index (χ3v) is 4.76. The molecule has 0 heterocycles. The average Bonchev–Trinajstić information content (AvgIpc) is 2.59. The van der Waals surface area contributed by atoms with Crippen LogP contribution in [0.4, 0.5) is 32.0 Å². The lowest BCUT2D eigenvalue weighted by Crippen LogP contribution is -2.16. The molecule has 2 aromatic carbocycles. The van der Waals surface area contributed by atoms with E-state index in [9.17, 15) is 34.8 Å². The second-order valence-corrected chi connectivity index (χ2v) is 7.59. The van der Waals surface area contributed by atoms with Gasteiger partial charge in [-0.25, -0.2) is 4.85 Å². The van der Waals surface area contributed by atoms with Crippen molar-refractivity contribution in [2.45, 2.75) is 25.2 Å². The van der Waals surface area contributed by atoms with E-state index < -0.39 is 58.1 Å². The fourth-order valence-electron chi connectivity index (χ4n) is 2.30. The van der Waals surface area contributed by atoms with Crippen molar-refractivity contribution >= 4 is 15.8 Å². The van der Waals surface area contributed by atoms with Crippen molar-refractivity contribution < 1.29 is 43.7 Å². The summed E-state index contributed by atoms with van der Waals surface area (Å²) in [5, 5.41) is 0. The first-order chi connectivity index (χ1) is 13.8. The highest BCUT2D eigenvalue weighted by Crippen LogP contribution is 2.43. The molecule has 12 heteroatoms. The third-order valence-electron chi connectivity index (χ3n) is 3.53. The Morgan fingerprint density at radius 1 is 0.967 bits per heavy atom. The molecule has 0 aliphatic carbocycles. The van der Waals surface area contributed by atoms with Crippen LogP contribution in [0.3, 0.4) is 0 Å². The standard InChI is InChI=1S/C18H13F6NO4S/c1-25-16-14(18(22,23)24)7-3-8-15(16)28-12-5-2-6-13(11-12)29-30(26,27)10-4-9-17(19,20)21/h2-3,5-8,11H,4,9-10H2. The zero-order chi connectivity index (χ0) is 22.6. The Balaban J connectivity index is 2.18. The normalized spacial score (nSPS) is 12.3. The van der Waals surface area contributed by atoms with Crippen molar-refractivity contribution in [3.63, 3.8) is 0 Å². The molecule has 2 rings (SSSR count). The Morgan fingerprint density at radius 3 is 2.20 bits per heavy atom. The second kappa shape index (κ2) is 8.83. The predicted octanol–water partition coefficient (Wildman–Crippen LogP) is 6.10. The van der Waals surface area contributed by atoms with Crippen molar-refractivity contribution in [1.29, 1.82) is 0 Å². The van der Waals surface area contributed by atoms with Crippen LogP contribution in [-0.2, 0) is 16.3 Å². The first-order valence-electron chi connectivity index (χ1n) is 8.15. The topological polar surface area (TPSA) is 57.0 Å². The number of rotatable bonds is 7. The summed E-state index contributed by atoms with van der Waals surface area (Å²) in [5.41, 5.74) is -1.98. The number of nitrogens with zero attached hydrogens (tertiary/aromatic N) is 1. The fraction of sp³-hybridized carbons (Fsp3) is 0.278. The molecule has 0 saturated heterocycles. The molecule has 5 nitrogen and oxygen atoms in total. The summed E-state index contributed by atoms with van der Waals surface area (Å²) in [5.74, 6) is -1.74. The highest BCUT2D eigenvalue weighted by Gasteiger charge is 2.35. The first kappa shape index (κ1) is 23.3. The van der Waals surface area contributed by atoms with Crippen LogP contribution in [0.5, 0.6) is 17.2 Å². The third kappa shape index (κ3) is 6.84. The molecule has 0 unspecified atom stereocenters. The molecule has 0 aliphatic rings. The minimum Gasteiger partial charge on any atom is -0.468 e. The lowest BCUT2D eigenvalue weighted by atomic mass is 10.1. The van der Waals surface area contributed by atoms with E-state index in [0.29, 0.717) is 6.07 Å². The Kier molecular flexibility index (Phi) is 6.87. The molecule has 0 aromatic heterocycles. The highest BCUT2D eigenvalue weighted by atomic mass is 32.2. The van der Waals surface area contributed by atoms with Crippen LogP contribution >= 0.6 is 0 Å². The van der Waals surface area contributed by atoms with Gasteiger partial charge in [-0.3, -0.25) is 0 Å². The quantitative estimate of drug-likeness (QED) is 0.289. The van der Waals surface area contributed by atoms with Crippen LogP contribution in [0, 0.1) is 6.57 Å². The summed E-state index contributed by atoms with van der Waals surface area (Å²) in [7, 11) is -4.34. The van der Waals surface area contributed by atoms with Crippen molar-refractivity contribution in [3.8, 4) is 17.2 Å². The smallest absolute Gasteiger partial charge is 0.407 e. The molecule has 162 valence electrons. The van der Waals surface area contributed by atoms with Gasteiger partial charge in [0.2, 0.25) is 5.69 Å². The molecule has 0 saturated carbocycles. The summed E-state index contributed by atoms with van der Waals surface area (Å²) in [4.78, 5) is 2.85. The maximum atomic E-state index is 13.0. The van der Waals surface area contributed by atoms with Gasteiger partial charge in [0, 0.05) is 12.5 Å². The minimum absolute atomic E-state index is 0.137. The molecule has 0 atom stereocenters. The Hall–Kier alpha value is -2.94. The molecule has 0 spiro atoms.